The van der Waals surface area contributed by atoms with E-state index in [9.17, 15) is 14.4 Å². The third-order valence-corrected chi connectivity index (χ3v) is 5.73. The highest BCUT2D eigenvalue weighted by atomic mass is 79.9. The fourth-order valence-corrected chi connectivity index (χ4v) is 3.72. The Morgan fingerprint density at radius 1 is 1.17 bits per heavy atom. The van der Waals surface area contributed by atoms with Gasteiger partial charge in [0, 0.05) is 15.2 Å². The fraction of sp³-hybridized carbons (Fsp3) is 0.211. The number of hydrogen-bond acceptors (Lipinski definition) is 6. The molecule has 3 amide bonds. The zero-order chi connectivity index (χ0) is 20.7. The van der Waals surface area contributed by atoms with Gasteiger partial charge in [0.2, 0.25) is 5.91 Å². The van der Waals surface area contributed by atoms with Crippen molar-refractivity contribution in [2.45, 2.75) is 19.0 Å². The summed E-state index contributed by atoms with van der Waals surface area (Å²) in [6.07, 6.45) is 0. The lowest BCUT2D eigenvalue weighted by molar-refractivity contribution is -0.123. The summed E-state index contributed by atoms with van der Waals surface area (Å²) in [5.41, 5.74) is 1.75. The molecule has 0 aliphatic carbocycles. The van der Waals surface area contributed by atoms with Crippen LogP contribution in [0.1, 0.15) is 5.56 Å². The monoisotopic (exact) mass is 475 g/mol. The summed E-state index contributed by atoms with van der Waals surface area (Å²) in [5.74, 6) is -1.31. The van der Waals surface area contributed by atoms with E-state index in [-0.39, 0.29) is 6.54 Å². The predicted molar refractivity (Wildman–Crippen MR) is 111 cm³/mol. The third-order valence-electron chi connectivity index (χ3n) is 4.79. The molecule has 10 heteroatoms. The van der Waals surface area contributed by atoms with E-state index in [4.69, 9.17) is 11.6 Å². The van der Waals surface area contributed by atoms with Crippen molar-refractivity contribution >= 4 is 56.6 Å². The molecule has 0 spiro atoms. The summed E-state index contributed by atoms with van der Waals surface area (Å²) in [4.78, 5) is 39.2. The van der Waals surface area contributed by atoms with E-state index >= 15 is 0 Å². The average Bonchev–Trinajstić information content (AvgIpc) is 3.20. The molecular weight excluding hydrogens is 462 g/mol. The highest BCUT2D eigenvalue weighted by molar-refractivity contribution is 9.10. The Bertz CT molecular complexity index is 1040. The summed E-state index contributed by atoms with van der Waals surface area (Å²) < 4.78 is 0.829. The number of hydrogen-bond donors (Lipinski definition) is 1. The van der Waals surface area contributed by atoms with Gasteiger partial charge in [-0.05, 0) is 48.9 Å². The van der Waals surface area contributed by atoms with Crippen molar-refractivity contribution in [2.24, 2.45) is 10.3 Å². The highest BCUT2D eigenvalue weighted by Crippen LogP contribution is 2.32. The number of benzene rings is 2. The van der Waals surface area contributed by atoms with Gasteiger partial charge < -0.3 is 5.32 Å². The Hall–Kier alpha value is -2.78. The van der Waals surface area contributed by atoms with Crippen molar-refractivity contribution in [2.75, 3.05) is 16.8 Å². The second-order valence-corrected chi connectivity index (χ2v) is 7.96. The lowest BCUT2D eigenvalue weighted by Crippen LogP contribution is -2.43. The number of imide groups is 1. The lowest BCUT2D eigenvalue weighted by Gasteiger charge is -2.20. The van der Waals surface area contributed by atoms with Crippen molar-refractivity contribution < 1.29 is 14.4 Å². The number of nitrogens with one attached hydrogen (secondary N) is 1. The smallest absolute Gasteiger partial charge is 0.263 e. The van der Waals surface area contributed by atoms with E-state index < -0.39 is 29.8 Å². The second-order valence-electron chi connectivity index (χ2n) is 6.64. The van der Waals surface area contributed by atoms with Gasteiger partial charge in [-0.15, -0.1) is 0 Å². The van der Waals surface area contributed by atoms with Crippen LogP contribution in [0.25, 0.3) is 0 Å². The van der Waals surface area contributed by atoms with Gasteiger partial charge in [0.05, 0.1) is 5.69 Å². The first kappa shape index (κ1) is 19.5. The zero-order valence-corrected chi connectivity index (χ0v) is 17.5. The van der Waals surface area contributed by atoms with E-state index in [1.807, 2.05) is 0 Å². The molecule has 2 aliphatic rings. The molecule has 2 aromatic rings. The van der Waals surface area contributed by atoms with Gasteiger partial charge in [-0.1, -0.05) is 38.8 Å². The van der Waals surface area contributed by atoms with E-state index in [0.29, 0.717) is 16.4 Å². The minimum Gasteiger partial charge on any atom is -0.324 e. The molecule has 0 bridgehead atoms. The first-order valence-corrected chi connectivity index (χ1v) is 9.89. The number of rotatable bonds is 4. The molecule has 0 aromatic heterocycles. The van der Waals surface area contributed by atoms with Crippen LogP contribution in [0.15, 0.2) is 57.3 Å². The molecule has 29 heavy (non-hydrogen) atoms. The molecule has 8 nitrogen and oxygen atoms in total. The molecule has 4 rings (SSSR count). The molecule has 1 fully saturated rings. The third kappa shape index (κ3) is 3.51. The van der Waals surface area contributed by atoms with Gasteiger partial charge in [-0.25, -0.2) is 4.90 Å². The normalized spacial score (nSPS) is 20.4. The minimum atomic E-state index is -0.952. The first-order valence-electron chi connectivity index (χ1n) is 8.72. The molecule has 1 saturated heterocycles. The molecular formula is C19H15BrClN5O3. The van der Waals surface area contributed by atoms with Crippen molar-refractivity contribution in [1.82, 2.24) is 5.01 Å². The van der Waals surface area contributed by atoms with Crippen LogP contribution >= 0.6 is 27.5 Å². The maximum Gasteiger partial charge on any atom is 0.263 e. The number of anilines is 2. The largest absolute Gasteiger partial charge is 0.324 e. The van der Waals surface area contributed by atoms with Crippen LogP contribution < -0.4 is 10.2 Å². The lowest BCUT2D eigenvalue weighted by atomic mass is 10.1. The van der Waals surface area contributed by atoms with Gasteiger partial charge in [-0.2, -0.15) is 5.11 Å². The van der Waals surface area contributed by atoms with Crippen LogP contribution in [0, 0.1) is 6.92 Å². The topological polar surface area (TPSA) is 94.4 Å². The molecule has 0 unspecified atom stereocenters. The maximum atomic E-state index is 12.9. The summed E-state index contributed by atoms with van der Waals surface area (Å²) in [6.45, 7) is 1.57. The zero-order valence-electron chi connectivity index (χ0n) is 15.2. The van der Waals surface area contributed by atoms with E-state index in [1.165, 1.54) is 5.01 Å². The average molecular weight is 477 g/mol. The second kappa shape index (κ2) is 7.57. The quantitative estimate of drug-likeness (QED) is 0.685. The Morgan fingerprint density at radius 3 is 2.62 bits per heavy atom. The number of carbonyl (C=O) groups excluding carboxylic acids is 3. The summed E-state index contributed by atoms with van der Waals surface area (Å²) >= 11 is 9.40. The van der Waals surface area contributed by atoms with Gasteiger partial charge in [0.1, 0.15) is 6.54 Å². The standard InChI is InChI=1S/C19H15BrClN5O3/c1-10-13(21)3-2-4-14(10)22-15(27)9-25-17-16(23-24-25)18(28)26(19(17)29)12-7-5-11(20)6-8-12/h2-8,16-17H,9H2,1H3,(H,22,27)/t16-,17-/m1/s1. The highest BCUT2D eigenvalue weighted by Gasteiger charge is 2.55. The molecule has 0 radical (unpaired) electrons. The summed E-state index contributed by atoms with van der Waals surface area (Å²) in [6, 6.07) is 10.1. The van der Waals surface area contributed by atoms with Gasteiger partial charge in [0.25, 0.3) is 11.8 Å². The van der Waals surface area contributed by atoms with E-state index in [0.717, 1.165) is 14.9 Å². The minimum absolute atomic E-state index is 0.218. The van der Waals surface area contributed by atoms with E-state index in [2.05, 4.69) is 31.6 Å². The van der Waals surface area contributed by atoms with Crippen LogP contribution in [0.5, 0.6) is 0 Å². The number of nitrogens with zero attached hydrogens (tertiary/aromatic N) is 4. The Kier molecular flexibility index (Phi) is 5.10. The summed E-state index contributed by atoms with van der Waals surface area (Å²) in [5, 5.41) is 12.3. The number of halogens is 2. The van der Waals surface area contributed by atoms with Crippen molar-refractivity contribution in [1.29, 1.82) is 0 Å². The molecule has 1 N–H and O–H groups in total. The molecule has 148 valence electrons. The van der Waals surface area contributed by atoms with Gasteiger partial charge >= 0.3 is 0 Å². The van der Waals surface area contributed by atoms with Crippen molar-refractivity contribution in [3.05, 3.63) is 57.5 Å². The van der Waals surface area contributed by atoms with Crippen LogP contribution in [0.2, 0.25) is 5.02 Å². The van der Waals surface area contributed by atoms with Crippen LogP contribution in [0.3, 0.4) is 0 Å². The molecule has 2 aliphatic heterocycles. The Balaban J connectivity index is 1.49. The molecule has 0 saturated carbocycles. The first-order chi connectivity index (χ1) is 13.9. The number of amides is 3. The Morgan fingerprint density at radius 2 is 1.90 bits per heavy atom. The SMILES string of the molecule is Cc1c(Cl)cccc1NC(=O)CN1N=N[C@H]2C(=O)N(c3ccc(Br)cc3)C(=O)[C@@H]21. The van der Waals surface area contributed by atoms with Crippen molar-refractivity contribution in [3.63, 3.8) is 0 Å². The molecule has 2 atom stereocenters. The van der Waals surface area contributed by atoms with Crippen LogP contribution in [0.4, 0.5) is 11.4 Å². The summed E-state index contributed by atoms with van der Waals surface area (Å²) in [7, 11) is 0. The van der Waals surface area contributed by atoms with Gasteiger partial charge in [0.15, 0.2) is 12.1 Å². The maximum absolute atomic E-state index is 12.9. The van der Waals surface area contributed by atoms with Crippen LogP contribution in [-0.4, -0.2) is 41.4 Å². The fourth-order valence-electron chi connectivity index (χ4n) is 3.28. The van der Waals surface area contributed by atoms with Gasteiger partial charge in [-0.3, -0.25) is 19.4 Å². The van der Waals surface area contributed by atoms with Crippen molar-refractivity contribution in [3.8, 4) is 0 Å². The van der Waals surface area contributed by atoms with Crippen LogP contribution in [-0.2, 0) is 14.4 Å². The predicted octanol–water partition coefficient (Wildman–Crippen LogP) is 3.34. The molecule has 2 heterocycles. The number of fused-ring (bicyclic) bond motifs is 1. The molecule has 2 aromatic carbocycles. The van der Waals surface area contributed by atoms with E-state index in [1.54, 1.807) is 49.4 Å². The Labute approximate surface area is 179 Å². The number of carbonyl (C=O) groups is 3.